The normalized spacial score (nSPS) is 8.17. The van der Waals surface area contributed by atoms with Gasteiger partial charge in [0, 0.05) is 30.9 Å². The predicted molar refractivity (Wildman–Crippen MR) is 49.4 cm³/mol. The van der Waals surface area contributed by atoms with Gasteiger partial charge in [-0.3, -0.25) is 4.98 Å². The molecule has 1 aromatic heterocycles. The van der Waals surface area contributed by atoms with Crippen molar-refractivity contribution in [3.63, 3.8) is 0 Å². The molecule has 0 N–H and O–H groups in total. The van der Waals surface area contributed by atoms with Crippen LogP contribution in [0.25, 0.3) is 0 Å². The van der Waals surface area contributed by atoms with Gasteiger partial charge in [0.05, 0.1) is 0 Å². The third-order valence-corrected chi connectivity index (χ3v) is 1.59. The topological polar surface area (TPSA) is 12.9 Å². The molecule has 71 valence electrons. The van der Waals surface area contributed by atoms with Crippen LogP contribution < -0.4 is 0 Å². The fraction of sp³-hybridized carbons (Fsp3) is 0.400. The molecule has 1 radical (unpaired) electrons. The van der Waals surface area contributed by atoms with Gasteiger partial charge in [0.15, 0.2) is 0 Å². The Morgan fingerprint density at radius 3 is 1.83 bits per heavy atom. The molecule has 1 nitrogen and oxygen atoms in total. The quantitative estimate of drug-likeness (QED) is 0.583. The maximum absolute atomic E-state index is 4.41. The van der Waals surface area contributed by atoms with Crippen molar-refractivity contribution >= 4 is 0 Å². The molecule has 2 heteroatoms. The first-order valence-corrected chi connectivity index (χ1v) is 3.81. The van der Waals surface area contributed by atoms with E-state index >= 15 is 0 Å². The van der Waals surface area contributed by atoms with E-state index in [0.717, 1.165) is 12.8 Å². The molecule has 0 aromatic carbocycles. The zero-order valence-electron chi connectivity index (χ0n) is 7.93. The first-order chi connectivity index (χ1) is 4.86. The molecule has 1 rings (SSSR count). The van der Waals surface area contributed by atoms with E-state index in [1.807, 2.05) is 0 Å². The summed E-state index contributed by atoms with van der Waals surface area (Å²) in [4.78, 5) is 4.41. The van der Waals surface area contributed by atoms with Crippen LogP contribution in [0, 0.1) is 7.43 Å². The van der Waals surface area contributed by atoms with E-state index in [-0.39, 0.29) is 26.9 Å². The number of rotatable bonds is 2. The van der Waals surface area contributed by atoms with Gasteiger partial charge in [0.1, 0.15) is 0 Å². The third kappa shape index (κ3) is 3.97. The fourth-order valence-electron chi connectivity index (χ4n) is 0.923. The molecule has 0 aliphatic rings. The van der Waals surface area contributed by atoms with E-state index in [0.29, 0.717) is 0 Å². The van der Waals surface area contributed by atoms with Gasteiger partial charge in [-0.15, -0.1) is 0 Å². The van der Waals surface area contributed by atoms with Gasteiger partial charge < -0.3 is 7.43 Å². The molecular formula is C10H16NRh-. The van der Waals surface area contributed by atoms with Gasteiger partial charge in [0.2, 0.25) is 0 Å². The second kappa shape index (κ2) is 7.42. The van der Waals surface area contributed by atoms with Gasteiger partial charge in [0.25, 0.3) is 0 Å². The number of aromatic nitrogens is 1. The number of nitrogens with zero attached hydrogens (tertiary/aromatic N) is 1. The zero-order valence-corrected chi connectivity index (χ0v) is 9.57. The smallest absolute Gasteiger partial charge is 0.0404 e. The molecule has 0 amide bonds. The molecule has 0 aliphatic heterocycles. The van der Waals surface area contributed by atoms with Crippen molar-refractivity contribution in [2.45, 2.75) is 26.7 Å². The third-order valence-electron chi connectivity index (χ3n) is 1.59. The van der Waals surface area contributed by atoms with Crippen LogP contribution in [0.1, 0.15) is 25.2 Å². The van der Waals surface area contributed by atoms with E-state index in [1.54, 1.807) is 0 Å². The van der Waals surface area contributed by atoms with Crippen molar-refractivity contribution in [2.75, 3.05) is 0 Å². The first kappa shape index (κ1) is 14.3. The molecule has 0 fully saturated rings. The Balaban J connectivity index is 0. The number of pyridine rings is 1. The summed E-state index contributed by atoms with van der Waals surface area (Å²) in [6.45, 7) is 4.25. The molecular weight excluding hydrogens is 237 g/mol. The monoisotopic (exact) mass is 253 g/mol. The van der Waals surface area contributed by atoms with E-state index in [2.05, 4.69) is 37.0 Å². The number of aryl methyl sites for hydroxylation is 2. The Labute approximate surface area is 88.4 Å². The Kier molecular flexibility index (Phi) is 8.85. The van der Waals surface area contributed by atoms with Crippen molar-refractivity contribution in [2.24, 2.45) is 0 Å². The molecule has 0 bridgehead atoms. The van der Waals surface area contributed by atoms with E-state index in [9.17, 15) is 0 Å². The molecule has 0 unspecified atom stereocenters. The maximum Gasteiger partial charge on any atom is 0.0404 e. The van der Waals surface area contributed by atoms with Gasteiger partial charge >= 0.3 is 0 Å². The van der Waals surface area contributed by atoms with Crippen molar-refractivity contribution in [1.82, 2.24) is 4.98 Å². The van der Waals surface area contributed by atoms with Gasteiger partial charge in [-0.2, -0.15) is 0 Å². The van der Waals surface area contributed by atoms with Crippen LogP contribution in [-0.2, 0) is 32.3 Å². The van der Waals surface area contributed by atoms with Crippen LogP contribution in [0.5, 0.6) is 0 Å². The molecule has 0 spiro atoms. The standard InChI is InChI=1S/C9H13N.CH3.Rh/c1-3-8-6-5-7-9(4-2)10-8;;/h5-7H,3-4H2,1-2H3;1H3;/q;-1;. The Morgan fingerprint density at radius 2 is 1.50 bits per heavy atom. The van der Waals surface area contributed by atoms with Crippen LogP contribution in [0.3, 0.4) is 0 Å². The van der Waals surface area contributed by atoms with Crippen LogP contribution >= 0.6 is 0 Å². The van der Waals surface area contributed by atoms with E-state index in [4.69, 9.17) is 0 Å². The number of hydrogen-bond acceptors (Lipinski definition) is 1. The summed E-state index contributed by atoms with van der Waals surface area (Å²) < 4.78 is 0. The van der Waals surface area contributed by atoms with Crippen LogP contribution in [-0.4, -0.2) is 4.98 Å². The van der Waals surface area contributed by atoms with Gasteiger partial charge in [-0.1, -0.05) is 19.9 Å². The Hall–Kier alpha value is -0.227. The van der Waals surface area contributed by atoms with Crippen LogP contribution in [0.15, 0.2) is 18.2 Å². The summed E-state index contributed by atoms with van der Waals surface area (Å²) in [5.41, 5.74) is 2.39. The molecule has 12 heavy (non-hydrogen) atoms. The Morgan fingerprint density at radius 1 is 1.08 bits per heavy atom. The minimum atomic E-state index is 0. The van der Waals surface area contributed by atoms with Crippen molar-refractivity contribution in [3.8, 4) is 0 Å². The zero-order chi connectivity index (χ0) is 7.40. The summed E-state index contributed by atoms with van der Waals surface area (Å²) in [5.74, 6) is 0. The minimum absolute atomic E-state index is 0. The second-order valence-corrected chi connectivity index (χ2v) is 2.33. The summed E-state index contributed by atoms with van der Waals surface area (Å²) in [7, 11) is 0. The molecule has 0 saturated carbocycles. The SMILES string of the molecule is CCc1cccc(CC)n1.[CH3-].[Rh]. The molecule has 1 aromatic rings. The van der Waals surface area contributed by atoms with E-state index < -0.39 is 0 Å². The largest absolute Gasteiger partial charge is 0.358 e. The van der Waals surface area contributed by atoms with E-state index in [1.165, 1.54) is 11.4 Å². The first-order valence-electron chi connectivity index (χ1n) is 3.81. The van der Waals surface area contributed by atoms with Crippen molar-refractivity contribution < 1.29 is 19.5 Å². The molecule has 0 atom stereocenters. The molecule has 0 aliphatic carbocycles. The van der Waals surface area contributed by atoms with Crippen molar-refractivity contribution in [3.05, 3.63) is 37.0 Å². The van der Waals surface area contributed by atoms with Gasteiger partial charge in [-0.05, 0) is 25.0 Å². The minimum Gasteiger partial charge on any atom is -0.358 e. The van der Waals surface area contributed by atoms with Crippen LogP contribution in [0.2, 0.25) is 0 Å². The average Bonchev–Trinajstić information content (AvgIpc) is 2.05. The summed E-state index contributed by atoms with van der Waals surface area (Å²) in [5, 5.41) is 0. The molecule has 1 heterocycles. The fourth-order valence-corrected chi connectivity index (χ4v) is 0.923. The van der Waals surface area contributed by atoms with Crippen molar-refractivity contribution in [1.29, 1.82) is 0 Å². The summed E-state index contributed by atoms with van der Waals surface area (Å²) in [6, 6.07) is 6.21. The average molecular weight is 253 g/mol. The second-order valence-electron chi connectivity index (χ2n) is 2.33. The number of hydrogen-bond donors (Lipinski definition) is 0. The van der Waals surface area contributed by atoms with Gasteiger partial charge in [-0.25, -0.2) is 0 Å². The Bertz CT molecular complexity index is 191. The van der Waals surface area contributed by atoms with Crippen LogP contribution in [0.4, 0.5) is 0 Å². The summed E-state index contributed by atoms with van der Waals surface area (Å²) >= 11 is 0. The molecule has 0 saturated heterocycles. The predicted octanol–water partition coefficient (Wildman–Crippen LogP) is 2.65. The maximum atomic E-state index is 4.41. The summed E-state index contributed by atoms with van der Waals surface area (Å²) in [6.07, 6.45) is 2.07.